The fraction of sp³-hybridized carbons (Fsp3) is 0.462. The highest BCUT2D eigenvalue weighted by Crippen LogP contribution is 2.14. The number of hydrogen-bond acceptors (Lipinski definition) is 4. The molecule has 0 spiro atoms. The van der Waals surface area contributed by atoms with Crippen LogP contribution in [0.5, 0.6) is 0 Å². The summed E-state index contributed by atoms with van der Waals surface area (Å²) in [4.78, 5) is 28.1. The first kappa shape index (κ1) is 14.3. The van der Waals surface area contributed by atoms with Crippen LogP contribution in [0.2, 0.25) is 0 Å². The maximum absolute atomic E-state index is 12.0. The molecule has 20 heavy (non-hydrogen) atoms. The molecular formula is C13H17N3O4. The first-order chi connectivity index (χ1) is 9.60. The molecule has 1 saturated heterocycles. The van der Waals surface area contributed by atoms with Crippen LogP contribution >= 0.6 is 0 Å². The number of aromatic carboxylic acids is 1. The lowest BCUT2D eigenvalue weighted by atomic mass is 10.1. The van der Waals surface area contributed by atoms with Crippen molar-refractivity contribution in [3.8, 4) is 0 Å². The van der Waals surface area contributed by atoms with Crippen LogP contribution in [0.25, 0.3) is 0 Å². The molecule has 0 saturated carbocycles. The topological polar surface area (TPSA) is 91.8 Å². The summed E-state index contributed by atoms with van der Waals surface area (Å²) in [5.74, 6) is -1.09. The molecule has 0 radical (unpaired) electrons. The molecule has 1 fully saturated rings. The summed E-state index contributed by atoms with van der Waals surface area (Å²) in [5.41, 5.74) is 0.428. The minimum atomic E-state index is -1.09. The van der Waals surface area contributed by atoms with E-state index < -0.39 is 5.97 Å². The van der Waals surface area contributed by atoms with E-state index in [0.717, 1.165) is 12.8 Å². The number of aromatic nitrogens is 1. The Morgan fingerprint density at radius 1 is 1.40 bits per heavy atom. The Kier molecular flexibility index (Phi) is 4.52. The number of methoxy groups -OCH3 is 1. The highest BCUT2D eigenvalue weighted by atomic mass is 16.5. The summed E-state index contributed by atoms with van der Waals surface area (Å²) >= 11 is 0. The molecule has 108 valence electrons. The molecule has 0 aliphatic carbocycles. The number of ether oxygens (including phenoxy) is 1. The lowest BCUT2D eigenvalue weighted by Crippen LogP contribution is -2.42. The molecule has 0 bridgehead atoms. The number of carbonyl (C=O) groups is 2. The van der Waals surface area contributed by atoms with Crippen LogP contribution < -0.4 is 5.32 Å². The van der Waals surface area contributed by atoms with Crippen LogP contribution in [0.1, 0.15) is 23.3 Å². The average molecular weight is 279 g/mol. The van der Waals surface area contributed by atoms with Gasteiger partial charge in [-0.25, -0.2) is 14.6 Å². The smallest absolute Gasteiger partial charge is 0.354 e. The number of nitrogens with one attached hydrogen (secondary N) is 1. The van der Waals surface area contributed by atoms with Crippen LogP contribution in [0, 0.1) is 0 Å². The van der Waals surface area contributed by atoms with E-state index in [0.29, 0.717) is 18.8 Å². The van der Waals surface area contributed by atoms with Crippen LogP contribution in [-0.4, -0.2) is 53.3 Å². The summed E-state index contributed by atoms with van der Waals surface area (Å²) in [7, 11) is 1.68. The van der Waals surface area contributed by atoms with Crippen molar-refractivity contribution in [2.45, 2.75) is 18.9 Å². The highest BCUT2D eigenvalue weighted by Gasteiger charge is 2.22. The minimum absolute atomic E-state index is 0.0519. The number of likely N-dealkylation sites (tertiary alicyclic amines) is 1. The van der Waals surface area contributed by atoms with Gasteiger partial charge in [0.15, 0.2) is 0 Å². The highest BCUT2D eigenvalue weighted by molar-refractivity contribution is 5.90. The number of rotatable bonds is 3. The van der Waals surface area contributed by atoms with Gasteiger partial charge in [-0.1, -0.05) is 0 Å². The molecule has 1 aliphatic rings. The predicted molar refractivity (Wildman–Crippen MR) is 71.8 cm³/mol. The zero-order chi connectivity index (χ0) is 14.5. The molecule has 7 nitrogen and oxygen atoms in total. The fourth-order valence-electron chi connectivity index (χ4n) is 2.09. The molecule has 2 N–H and O–H groups in total. The van der Waals surface area contributed by atoms with Gasteiger partial charge in [0, 0.05) is 20.2 Å². The van der Waals surface area contributed by atoms with E-state index in [1.54, 1.807) is 12.0 Å². The lowest BCUT2D eigenvalue weighted by molar-refractivity contribution is 0.0521. The number of anilines is 1. The SMILES string of the molecule is COC1CCN(C(=O)Nc2ccc(C(=O)O)nc2)CC1. The van der Waals surface area contributed by atoms with Crippen molar-refractivity contribution < 1.29 is 19.4 Å². The van der Waals surface area contributed by atoms with Crippen molar-refractivity contribution in [1.29, 1.82) is 0 Å². The third kappa shape index (κ3) is 3.45. The maximum Gasteiger partial charge on any atom is 0.354 e. The Labute approximate surface area is 116 Å². The number of carbonyl (C=O) groups excluding carboxylic acids is 1. The Morgan fingerprint density at radius 3 is 2.60 bits per heavy atom. The lowest BCUT2D eigenvalue weighted by Gasteiger charge is -2.31. The average Bonchev–Trinajstić information content (AvgIpc) is 2.48. The van der Waals surface area contributed by atoms with Crippen molar-refractivity contribution in [2.75, 3.05) is 25.5 Å². The zero-order valence-electron chi connectivity index (χ0n) is 11.2. The maximum atomic E-state index is 12.0. The summed E-state index contributed by atoms with van der Waals surface area (Å²) in [6.07, 6.45) is 3.19. The molecule has 0 aromatic carbocycles. The van der Waals surface area contributed by atoms with E-state index in [1.165, 1.54) is 18.3 Å². The molecule has 1 aromatic rings. The van der Waals surface area contributed by atoms with Gasteiger partial charge >= 0.3 is 12.0 Å². The van der Waals surface area contributed by atoms with E-state index in [2.05, 4.69) is 10.3 Å². The summed E-state index contributed by atoms with van der Waals surface area (Å²) in [6, 6.07) is 2.68. The number of piperidine rings is 1. The van der Waals surface area contributed by atoms with Crippen LogP contribution in [0.3, 0.4) is 0 Å². The second kappa shape index (κ2) is 6.33. The standard InChI is InChI=1S/C13H17N3O4/c1-20-10-4-6-16(7-5-10)13(19)15-9-2-3-11(12(17)18)14-8-9/h2-3,8,10H,4-7H2,1H3,(H,15,19)(H,17,18). The minimum Gasteiger partial charge on any atom is -0.477 e. The van der Waals surface area contributed by atoms with E-state index in [9.17, 15) is 9.59 Å². The molecule has 2 heterocycles. The number of nitrogens with zero attached hydrogens (tertiary/aromatic N) is 2. The molecule has 7 heteroatoms. The Bertz CT molecular complexity index is 481. The fourth-order valence-corrected chi connectivity index (χ4v) is 2.09. The normalized spacial score (nSPS) is 15.9. The van der Waals surface area contributed by atoms with Crippen molar-refractivity contribution in [3.63, 3.8) is 0 Å². The first-order valence-electron chi connectivity index (χ1n) is 6.38. The first-order valence-corrected chi connectivity index (χ1v) is 6.38. The van der Waals surface area contributed by atoms with Gasteiger partial charge in [-0.15, -0.1) is 0 Å². The number of carboxylic acid groups (broad SMARTS) is 1. The Morgan fingerprint density at radius 2 is 2.10 bits per heavy atom. The second-order valence-electron chi connectivity index (χ2n) is 4.59. The van der Waals surface area contributed by atoms with Crippen LogP contribution in [0.4, 0.5) is 10.5 Å². The van der Waals surface area contributed by atoms with Gasteiger partial charge in [0.25, 0.3) is 0 Å². The third-order valence-corrected chi connectivity index (χ3v) is 3.30. The summed E-state index contributed by atoms with van der Waals surface area (Å²) in [5, 5.41) is 11.4. The van der Waals surface area contributed by atoms with E-state index >= 15 is 0 Å². The van der Waals surface area contributed by atoms with E-state index in [4.69, 9.17) is 9.84 Å². The molecule has 0 atom stereocenters. The molecule has 0 unspecified atom stereocenters. The van der Waals surface area contributed by atoms with Crippen molar-refractivity contribution in [2.24, 2.45) is 0 Å². The molecule has 2 rings (SSSR count). The number of carboxylic acids is 1. The van der Waals surface area contributed by atoms with E-state index in [-0.39, 0.29) is 17.8 Å². The summed E-state index contributed by atoms with van der Waals surface area (Å²) in [6.45, 7) is 1.29. The Hall–Kier alpha value is -2.15. The Balaban J connectivity index is 1.90. The molecule has 2 amide bonds. The third-order valence-electron chi connectivity index (χ3n) is 3.30. The van der Waals surface area contributed by atoms with Crippen LogP contribution in [-0.2, 0) is 4.74 Å². The van der Waals surface area contributed by atoms with Crippen molar-refractivity contribution in [3.05, 3.63) is 24.0 Å². The largest absolute Gasteiger partial charge is 0.477 e. The van der Waals surface area contributed by atoms with Gasteiger partial charge in [-0.3, -0.25) is 0 Å². The molecule has 1 aromatic heterocycles. The number of urea groups is 1. The number of hydrogen-bond donors (Lipinski definition) is 2. The second-order valence-corrected chi connectivity index (χ2v) is 4.59. The summed E-state index contributed by atoms with van der Waals surface area (Å²) < 4.78 is 5.25. The van der Waals surface area contributed by atoms with Gasteiger partial charge in [-0.05, 0) is 25.0 Å². The van der Waals surface area contributed by atoms with Crippen molar-refractivity contribution >= 4 is 17.7 Å². The number of amides is 2. The van der Waals surface area contributed by atoms with Gasteiger partial charge in [0.1, 0.15) is 5.69 Å². The monoisotopic (exact) mass is 279 g/mol. The molecular weight excluding hydrogens is 262 g/mol. The van der Waals surface area contributed by atoms with Gasteiger partial charge in [0.05, 0.1) is 18.0 Å². The quantitative estimate of drug-likeness (QED) is 0.873. The van der Waals surface area contributed by atoms with Crippen molar-refractivity contribution in [1.82, 2.24) is 9.88 Å². The number of pyridine rings is 1. The van der Waals surface area contributed by atoms with Gasteiger partial charge in [-0.2, -0.15) is 0 Å². The zero-order valence-corrected chi connectivity index (χ0v) is 11.2. The van der Waals surface area contributed by atoms with Gasteiger partial charge in [0.2, 0.25) is 0 Å². The van der Waals surface area contributed by atoms with E-state index in [1.807, 2.05) is 0 Å². The van der Waals surface area contributed by atoms with Gasteiger partial charge < -0.3 is 20.1 Å². The predicted octanol–water partition coefficient (Wildman–Crippen LogP) is 1.42. The molecule has 1 aliphatic heterocycles. The van der Waals surface area contributed by atoms with Crippen LogP contribution in [0.15, 0.2) is 18.3 Å².